The van der Waals surface area contributed by atoms with E-state index in [1.807, 2.05) is 6.92 Å². The number of nitrogens with zero attached hydrogens (tertiary/aromatic N) is 2. The second kappa shape index (κ2) is 10.6. The normalized spacial score (nSPS) is 12.2. The fourth-order valence-corrected chi connectivity index (χ4v) is 5.40. The first-order valence-corrected chi connectivity index (χ1v) is 13.9. The fourth-order valence-electron chi connectivity index (χ4n) is 3.93. The van der Waals surface area contributed by atoms with Crippen LogP contribution in [-0.2, 0) is 23.0 Å². The predicted octanol–water partition coefficient (Wildman–Crippen LogP) is 6.33. The molecule has 2 heterocycles. The summed E-state index contributed by atoms with van der Waals surface area (Å²) in [6, 6.07) is 10.9. The summed E-state index contributed by atoms with van der Waals surface area (Å²) in [5, 5.41) is 3.26. The highest BCUT2D eigenvalue weighted by atomic mass is 79.9. The number of rotatable bonds is 8. The summed E-state index contributed by atoms with van der Waals surface area (Å²) in [6.07, 6.45) is 1.39. The number of furan rings is 1. The summed E-state index contributed by atoms with van der Waals surface area (Å²) in [5.41, 5.74) is -4.26. The van der Waals surface area contributed by atoms with Crippen molar-refractivity contribution >= 4 is 60.1 Å². The number of amides is 1. The lowest BCUT2D eigenvalue weighted by Gasteiger charge is -2.13. The minimum Gasteiger partial charge on any atom is -0.455 e. The molecule has 0 bridgehead atoms. The van der Waals surface area contributed by atoms with Crippen molar-refractivity contribution in [3.05, 3.63) is 69.2 Å². The number of benzene rings is 2. The van der Waals surface area contributed by atoms with Gasteiger partial charge in [0, 0.05) is 31.0 Å². The van der Waals surface area contributed by atoms with Gasteiger partial charge < -0.3 is 14.3 Å². The van der Waals surface area contributed by atoms with Gasteiger partial charge in [0.15, 0.2) is 10.9 Å². The quantitative estimate of drug-likeness (QED) is 0.236. The molecular formula is C24H21BrClF3N4O4S. The number of hydrogen-bond acceptors (Lipinski definition) is 5. The van der Waals surface area contributed by atoms with Crippen molar-refractivity contribution in [3.63, 3.8) is 0 Å². The first-order chi connectivity index (χ1) is 17.9. The van der Waals surface area contributed by atoms with Gasteiger partial charge in [-0.15, -0.1) is 0 Å². The molecule has 38 heavy (non-hydrogen) atoms. The molecule has 0 unspecified atom stereocenters. The molecule has 0 atom stereocenters. The van der Waals surface area contributed by atoms with Crippen LogP contribution in [0.15, 0.2) is 51.4 Å². The Kier molecular flexibility index (Phi) is 7.82. The summed E-state index contributed by atoms with van der Waals surface area (Å²) in [4.78, 5) is 16.8. The number of anilines is 1. The molecule has 2 aromatic heterocycles. The number of nitrogens with one attached hydrogen (secondary N) is 2. The van der Waals surface area contributed by atoms with Crippen molar-refractivity contribution in [1.82, 2.24) is 14.9 Å². The van der Waals surface area contributed by atoms with Crippen molar-refractivity contribution in [3.8, 4) is 11.3 Å². The standard InChI is InChI=1S/C24H21BrClF3N4O4S/c1-3-6-18-31-22(26)20(23(34)30-2)33(18)12-13-9-10-17-15(11-13)19(25)21(37-17)14-7-4-5-8-16(14)32-38(35,36)24(27,28)29/h4-5,7-11,32H,3,6,12H2,1-2H3,(H,30,34). The Hall–Kier alpha value is -3.03. The highest BCUT2D eigenvalue weighted by molar-refractivity contribution is 9.10. The Balaban J connectivity index is 1.77. The van der Waals surface area contributed by atoms with Gasteiger partial charge in [-0.1, -0.05) is 36.7 Å². The molecule has 0 saturated heterocycles. The molecule has 0 radical (unpaired) electrons. The van der Waals surface area contributed by atoms with Gasteiger partial charge in [0.25, 0.3) is 5.91 Å². The van der Waals surface area contributed by atoms with Gasteiger partial charge in [0.05, 0.1) is 10.2 Å². The Morgan fingerprint density at radius 1 is 1.21 bits per heavy atom. The summed E-state index contributed by atoms with van der Waals surface area (Å²) in [7, 11) is -4.15. The van der Waals surface area contributed by atoms with Gasteiger partial charge in [-0.05, 0) is 52.2 Å². The van der Waals surface area contributed by atoms with Crippen LogP contribution < -0.4 is 10.0 Å². The maximum atomic E-state index is 13.0. The van der Waals surface area contributed by atoms with E-state index in [0.29, 0.717) is 27.7 Å². The Bertz CT molecular complexity index is 1630. The first-order valence-electron chi connectivity index (χ1n) is 11.2. The molecule has 4 rings (SSSR count). The zero-order valence-corrected chi connectivity index (χ0v) is 23.1. The second-order valence-electron chi connectivity index (χ2n) is 8.26. The average Bonchev–Trinajstić information content (AvgIpc) is 3.34. The molecule has 1 amide bonds. The minimum atomic E-state index is -5.64. The van der Waals surface area contributed by atoms with Gasteiger partial charge in [-0.25, -0.2) is 4.98 Å². The maximum absolute atomic E-state index is 13.0. The van der Waals surface area contributed by atoms with Gasteiger partial charge >= 0.3 is 15.5 Å². The Morgan fingerprint density at radius 3 is 2.58 bits per heavy atom. The SMILES string of the molecule is CCCc1nc(Cl)c(C(=O)NC)n1Cc1ccc2oc(-c3ccccc3NS(=O)(=O)C(F)(F)F)c(Br)c2c1. The predicted molar refractivity (Wildman–Crippen MR) is 142 cm³/mol. The third-order valence-corrected chi connectivity index (χ3v) is 7.82. The van der Waals surface area contributed by atoms with Crippen LogP contribution in [0.4, 0.5) is 18.9 Å². The molecule has 4 aromatic rings. The lowest BCUT2D eigenvalue weighted by Crippen LogP contribution is -2.30. The molecule has 202 valence electrons. The number of halogens is 5. The maximum Gasteiger partial charge on any atom is 0.516 e. The third-order valence-electron chi connectivity index (χ3n) is 5.67. The van der Waals surface area contributed by atoms with E-state index in [2.05, 4.69) is 26.2 Å². The van der Waals surface area contributed by atoms with Crippen LogP contribution in [0.25, 0.3) is 22.3 Å². The Labute approximate surface area is 229 Å². The molecule has 2 N–H and O–H groups in total. The van der Waals surface area contributed by atoms with Crippen LogP contribution in [0.1, 0.15) is 35.2 Å². The van der Waals surface area contributed by atoms with Crippen molar-refractivity contribution in [2.45, 2.75) is 31.8 Å². The average molecular weight is 634 g/mol. The number of hydrogen-bond donors (Lipinski definition) is 2. The van der Waals surface area contributed by atoms with Crippen LogP contribution in [0.2, 0.25) is 5.15 Å². The van der Waals surface area contributed by atoms with E-state index < -0.39 is 15.5 Å². The van der Waals surface area contributed by atoms with Gasteiger partial charge in [0.2, 0.25) is 0 Å². The number of fused-ring (bicyclic) bond motifs is 1. The highest BCUT2D eigenvalue weighted by Gasteiger charge is 2.46. The molecule has 0 saturated carbocycles. The summed E-state index contributed by atoms with van der Waals surface area (Å²) in [5.74, 6) is 0.408. The number of carbonyl (C=O) groups excluding carboxylic acids is 1. The fraction of sp³-hybridized carbons (Fsp3) is 0.250. The number of imidazole rings is 1. The summed E-state index contributed by atoms with van der Waals surface area (Å²) in [6.45, 7) is 2.25. The van der Waals surface area contributed by atoms with Gasteiger partial charge in [-0.3, -0.25) is 9.52 Å². The van der Waals surface area contributed by atoms with Gasteiger partial charge in [-0.2, -0.15) is 21.6 Å². The topological polar surface area (TPSA) is 106 Å². The van der Waals surface area contributed by atoms with Gasteiger partial charge in [0.1, 0.15) is 17.1 Å². The van der Waals surface area contributed by atoms with E-state index in [0.717, 1.165) is 12.0 Å². The lowest BCUT2D eigenvalue weighted by atomic mass is 10.1. The molecule has 0 aliphatic rings. The monoisotopic (exact) mass is 632 g/mol. The largest absolute Gasteiger partial charge is 0.516 e. The summed E-state index contributed by atoms with van der Waals surface area (Å²) < 4.78 is 72.0. The smallest absolute Gasteiger partial charge is 0.455 e. The molecule has 8 nitrogen and oxygen atoms in total. The van der Waals surface area contributed by atoms with Crippen LogP contribution in [0.5, 0.6) is 0 Å². The summed E-state index contributed by atoms with van der Waals surface area (Å²) >= 11 is 9.73. The lowest BCUT2D eigenvalue weighted by molar-refractivity contribution is -0.0429. The number of aromatic nitrogens is 2. The molecule has 0 spiro atoms. The molecule has 0 aliphatic carbocycles. The number of alkyl halides is 3. The molecular weight excluding hydrogens is 613 g/mol. The zero-order valence-electron chi connectivity index (χ0n) is 20.0. The molecule has 2 aromatic carbocycles. The van der Waals surface area contributed by atoms with E-state index >= 15 is 0 Å². The second-order valence-corrected chi connectivity index (χ2v) is 11.1. The van der Waals surface area contributed by atoms with E-state index in [1.165, 1.54) is 25.2 Å². The van der Waals surface area contributed by atoms with Crippen LogP contribution in [-0.4, -0.2) is 36.4 Å². The van der Waals surface area contributed by atoms with E-state index in [4.69, 9.17) is 16.0 Å². The third kappa shape index (κ3) is 5.27. The van der Waals surface area contributed by atoms with E-state index in [9.17, 15) is 26.4 Å². The van der Waals surface area contributed by atoms with Crippen LogP contribution in [0, 0.1) is 0 Å². The zero-order chi connectivity index (χ0) is 27.8. The number of carbonyl (C=O) groups is 1. The van der Waals surface area contributed by atoms with Crippen LogP contribution >= 0.6 is 27.5 Å². The highest BCUT2D eigenvalue weighted by Crippen LogP contribution is 2.42. The number of sulfonamides is 1. The van der Waals surface area contributed by atoms with Crippen molar-refractivity contribution in [1.29, 1.82) is 0 Å². The van der Waals surface area contributed by atoms with Crippen molar-refractivity contribution in [2.75, 3.05) is 11.8 Å². The van der Waals surface area contributed by atoms with E-state index in [-0.39, 0.29) is 40.3 Å². The van der Waals surface area contributed by atoms with Crippen LogP contribution in [0.3, 0.4) is 0 Å². The number of para-hydroxylation sites is 1. The molecule has 14 heteroatoms. The molecule has 0 fully saturated rings. The molecule has 0 aliphatic heterocycles. The first kappa shape index (κ1) is 28.0. The van der Waals surface area contributed by atoms with E-state index in [1.54, 1.807) is 33.6 Å². The van der Waals surface area contributed by atoms with Crippen molar-refractivity contribution in [2.24, 2.45) is 0 Å². The number of aryl methyl sites for hydroxylation is 1. The Morgan fingerprint density at radius 2 is 1.92 bits per heavy atom. The minimum absolute atomic E-state index is 0.0959. The van der Waals surface area contributed by atoms with Crippen molar-refractivity contribution < 1.29 is 30.8 Å².